The molecule has 0 aliphatic carbocycles. The minimum absolute atomic E-state index is 0.113. The molecule has 0 saturated carbocycles. The fourth-order valence-electron chi connectivity index (χ4n) is 2.21. The third-order valence-electron chi connectivity index (χ3n) is 2.76. The van der Waals surface area contributed by atoms with Crippen molar-refractivity contribution >= 4 is 0 Å². The summed E-state index contributed by atoms with van der Waals surface area (Å²) in [6.45, 7) is 9.86. The molecule has 2 heterocycles. The molecule has 0 amide bonds. The molecule has 2 aliphatic heterocycles. The molecule has 3 nitrogen and oxygen atoms in total. The van der Waals surface area contributed by atoms with Gasteiger partial charge in [0.15, 0.2) is 0 Å². The molecule has 2 rings (SSSR count). The molecule has 4 atom stereocenters. The van der Waals surface area contributed by atoms with Crippen LogP contribution >= 0.6 is 0 Å². The molecule has 14 heavy (non-hydrogen) atoms. The van der Waals surface area contributed by atoms with Crippen LogP contribution in [0.3, 0.4) is 0 Å². The first-order valence-electron chi connectivity index (χ1n) is 5.38. The van der Waals surface area contributed by atoms with E-state index in [-0.39, 0.29) is 23.9 Å². The zero-order valence-electron chi connectivity index (χ0n) is 9.45. The van der Waals surface area contributed by atoms with E-state index in [0.717, 1.165) is 6.61 Å². The predicted molar refractivity (Wildman–Crippen MR) is 53.3 cm³/mol. The van der Waals surface area contributed by atoms with Gasteiger partial charge in [-0.05, 0) is 20.8 Å². The summed E-state index contributed by atoms with van der Waals surface area (Å²) in [5.74, 6) is 0.508. The summed E-state index contributed by atoms with van der Waals surface area (Å²) in [5.41, 5.74) is -0.113. The maximum absolute atomic E-state index is 5.91. The summed E-state index contributed by atoms with van der Waals surface area (Å²) in [7, 11) is 0. The molecular weight excluding hydrogens is 180 g/mol. The lowest BCUT2D eigenvalue weighted by molar-refractivity contribution is -0.103. The second-order valence-corrected chi connectivity index (χ2v) is 5.34. The Morgan fingerprint density at radius 2 is 1.71 bits per heavy atom. The number of ether oxygens (including phenoxy) is 3. The molecule has 2 unspecified atom stereocenters. The van der Waals surface area contributed by atoms with Gasteiger partial charge in [-0.1, -0.05) is 6.92 Å². The van der Waals surface area contributed by atoms with E-state index in [1.54, 1.807) is 0 Å². The van der Waals surface area contributed by atoms with Crippen LogP contribution in [0.5, 0.6) is 0 Å². The quantitative estimate of drug-likeness (QED) is 0.643. The molecule has 0 spiro atoms. The number of rotatable bonds is 1. The highest BCUT2D eigenvalue weighted by atomic mass is 16.6. The average Bonchev–Trinajstić information content (AvgIpc) is 2.55. The van der Waals surface area contributed by atoms with Gasteiger partial charge in [-0.2, -0.15) is 0 Å². The maximum Gasteiger partial charge on any atom is 0.112 e. The van der Waals surface area contributed by atoms with Crippen LogP contribution in [0.15, 0.2) is 0 Å². The molecule has 82 valence electrons. The van der Waals surface area contributed by atoms with Crippen molar-refractivity contribution in [3.05, 3.63) is 0 Å². The van der Waals surface area contributed by atoms with E-state index in [4.69, 9.17) is 14.2 Å². The van der Waals surface area contributed by atoms with Gasteiger partial charge in [0, 0.05) is 5.92 Å². The van der Waals surface area contributed by atoms with Crippen LogP contribution in [-0.4, -0.2) is 37.1 Å². The second-order valence-electron chi connectivity index (χ2n) is 5.34. The lowest BCUT2D eigenvalue weighted by atomic mass is 10.0. The van der Waals surface area contributed by atoms with Crippen molar-refractivity contribution in [1.29, 1.82) is 0 Å². The van der Waals surface area contributed by atoms with Crippen molar-refractivity contribution in [2.45, 2.75) is 51.6 Å². The van der Waals surface area contributed by atoms with E-state index in [1.807, 2.05) is 0 Å². The van der Waals surface area contributed by atoms with E-state index in [9.17, 15) is 0 Å². The molecule has 0 N–H and O–H groups in total. The SMILES string of the molecule is CC1CO[C@H]2C(OC(C)(C)C)CO[C@@H]12. The Balaban J connectivity index is 1.97. The van der Waals surface area contributed by atoms with Crippen molar-refractivity contribution in [2.24, 2.45) is 5.92 Å². The Hall–Kier alpha value is -0.120. The number of fused-ring (bicyclic) bond motifs is 1. The molecule has 0 radical (unpaired) electrons. The summed E-state index contributed by atoms with van der Waals surface area (Å²) in [6, 6.07) is 0. The zero-order chi connectivity index (χ0) is 10.3. The van der Waals surface area contributed by atoms with E-state index in [0.29, 0.717) is 12.5 Å². The van der Waals surface area contributed by atoms with Crippen molar-refractivity contribution < 1.29 is 14.2 Å². The predicted octanol–water partition coefficient (Wildman–Crippen LogP) is 1.60. The van der Waals surface area contributed by atoms with Gasteiger partial charge in [-0.15, -0.1) is 0 Å². The van der Waals surface area contributed by atoms with Gasteiger partial charge in [0.2, 0.25) is 0 Å². The monoisotopic (exact) mass is 200 g/mol. The molecule has 3 heteroatoms. The van der Waals surface area contributed by atoms with Gasteiger partial charge in [-0.3, -0.25) is 0 Å². The first-order chi connectivity index (χ1) is 6.47. The van der Waals surface area contributed by atoms with Crippen LogP contribution in [0.25, 0.3) is 0 Å². The van der Waals surface area contributed by atoms with E-state index >= 15 is 0 Å². The molecule has 2 saturated heterocycles. The molecule has 2 aliphatic rings. The van der Waals surface area contributed by atoms with Gasteiger partial charge in [-0.25, -0.2) is 0 Å². The van der Waals surface area contributed by atoms with Crippen molar-refractivity contribution in [3.63, 3.8) is 0 Å². The molecule has 0 aromatic carbocycles. The first kappa shape index (κ1) is 10.4. The Morgan fingerprint density at radius 1 is 1.07 bits per heavy atom. The van der Waals surface area contributed by atoms with Crippen molar-refractivity contribution in [1.82, 2.24) is 0 Å². The van der Waals surface area contributed by atoms with Crippen LogP contribution in [0.1, 0.15) is 27.7 Å². The zero-order valence-corrected chi connectivity index (χ0v) is 9.45. The van der Waals surface area contributed by atoms with E-state index < -0.39 is 0 Å². The highest BCUT2D eigenvalue weighted by molar-refractivity contribution is 4.94. The molecule has 0 bridgehead atoms. The van der Waals surface area contributed by atoms with Crippen LogP contribution in [-0.2, 0) is 14.2 Å². The van der Waals surface area contributed by atoms with Crippen LogP contribution in [0.4, 0.5) is 0 Å². The van der Waals surface area contributed by atoms with Gasteiger partial charge in [0.1, 0.15) is 12.2 Å². The Bertz CT molecular complexity index is 209. The van der Waals surface area contributed by atoms with E-state index in [1.165, 1.54) is 0 Å². The number of hydrogen-bond acceptors (Lipinski definition) is 3. The van der Waals surface area contributed by atoms with Gasteiger partial charge in [0.25, 0.3) is 0 Å². The van der Waals surface area contributed by atoms with Crippen molar-refractivity contribution in [2.75, 3.05) is 13.2 Å². The Labute approximate surface area is 85.7 Å². The smallest absolute Gasteiger partial charge is 0.112 e. The summed E-state index contributed by atoms with van der Waals surface area (Å²) in [5, 5.41) is 0. The second kappa shape index (κ2) is 3.47. The molecule has 2 fully saturated rings. The van der Waals surface area contributed by atoms with Gasteiger partial charge < -0.3 is 14.2 Å². The first-order valence-corrected chi connectivity index (χ1v) is 5.38. The molecule has 0 aromatic heterocycles. The summed E-state index contributed by atoms with van der Waals surface area (Å²) in [6.07, 6.45) is 0.525. The average molecular weight is 200 g/mol. The third-order valence-corrected chi connectivity index (χ3v) is 2.76. The molecular formula is C11H20O3. The van der Waals surface area contributed by atoms with Crippen molar-refractivity contribution in [3.8, 4) is 0 Å². The Morgan fingerprint density at radius 3 is 2.36 bits per heavy atom. The summed E-state index contributed by atoms with van der Waals surface area (Å²) < 4.78 is 17.3. The Kier molecular flexibility index (Phi) is 2.58. The lowest BCUT2D eigenvalue weighted by Crippen LogP contribution is -2.37. The minimum Gasteiger partial charge on any atom is -0.372 e. The standard InChI is InChI=1S/C11H20O3/c1-7-5-12-10-8(6-13-9(7)10)14-11(2,3)4/h7-10H,5-6H2,1-4H3/t7?,8?,9-,10-/m0/s1. The summed E-state index contributed by atoms with van der Waals surface area (Å²) >= 11 is 0. The minimum atomic E-state index is -0.113. The molecule has 0 aromatic rings. The maximum atomic E-state index is 5.91. The highest BCUT2D eigenvalue weighted by Gasteiger charge is 2.47. The summed E-state index contributed by atoms with van der Waals surface area (Å²) in [4.78, 5) is 0. The topological polar surface area (TPSA) is 27.7 Å². The normalized spacial score (nSPS) is 42.9. The fourth-order valence-corrected chi connectivity index (χ4v) is 2.21. The number of hydrogen-bond donors (Lipinski definition) is 0. The van der Waals surface area contributed by atoms with E-state index in [2.05, 4.69) is 27.7 Å². The lowest BCUT2D eigenvalue weighted by Gasteiger charge is -2.26. The van der Waals surface area contributed by atoms with Crippen LogP contribution in [0, 0.1) is 5.92 Å². The van der Waals surface area contributed by atoms with Crippen LogP contribution < -0.4 is 0 Å². The fraction of sp³-hybridized carbons (Fsp3) is 1.00. The highest BCUT2D eigenvalue weighted by Crippen LogP contribution is 2.33. The van der Waals surface area contributed by atoms with Gasteiger partial charge in [0.05, 0.1) is 24.9 Å². The van der Waals surface area contributed by atoms with Gasteiger partial charge >= 0.3 is 0 Å². The van der Waals surface area contributed by atoms with Crippen LogP contribution in [0.2, 0.25) is 0 Å². The third kappa shape index (κ3) is 1.95. The largest absolute Gasteiger partial charge is 0.372 e.